The lowest BCUT2D eigenvalue weighted by molar-refractivity contribution is -0.118. The molecule has 2 amide bonds. The molecule has 0 radical (unpaired) electrons. The van der Waals surface area contributed by atoms with E-state index >= 15 is 0 Å². The Labute approximate surface area is 149 Å². The summed E-state index contributed by atoms with van der Waals surface area (Å²) < 4.78 is 5.34. The third-order valence-corrected chi connectivity index (χ3v) is 4.92. The molecule has 136 valence electrons. The van der Waals surface area contributed by atoms with E-state index in [1.54, 1.807) is 4.90 Å². The number of hydrogen-bond donors (Lipinski definition) is 1. The quantitative estimate of drug-likeness (QED) is 0.793. The fourth-order valence-corrected chi connectivity index (χ4v) is 3.52. The molecular weight excluding hydrogens is 318 g/mol. The molecule has 0 aliphatic carbocycles. The Morgan fingerprint density at radius 2 is 2.00 bits per heavy atom. The molecule has 0 unspecified atom stereocenters. The van der Waals surface area contributed by atoms with E-state index in [0.29, 0.717) is 25.1 Å². The number of ether oxygens (including phenoxy) is 1. The molecule has 3 rings (SSSR count). The Kier molecular flexibility index (Phi) is 6.04. The van der Waals surface area contributed by atoms with Gasteiger partial charge in [-0.3, -0.25) is 14.5 Å². The fourth-order valence-electron chi connectivity index (χ4n) is 3.52. The maximum Gasteiger partial charge on any atom is 0.251 e. The van der Waals surface area contributed by atoms with Crippen LogP contribution in [0, 0.1) is 0 Å². The zero-order valence-electron chi connectivity index (χ0n) is 14.9. The van der Waals surface area contributed by atoms with Gasteiger partial charge in [-0.25, -0.2) is 0 Å². The maximum atomic E-state index is 12.6. The molecule has 1 N–H and O–H groups in total. The van der Waals surface area contributed by atoms with Gasteiger partial charge in [0.25, 0.3) is 5.91 Å². The van der Waals surface area contributed by atoms with E-state index in [1.807, 2.05) is 25.1 Å². The van der Waals surface area contributed by atoms with Gasteiger partial charge < -0.3 is 15.0 Å². The molecule has 1 aromatic carbocycles. The van der Waals surface area contributed by atoms with Gasteiger partial charge >= 0.3 is 0 Å². The lowest BCUT2D eigenvalue weighted by Crippen LogP contribution is -2.38. The summed E-state index contributed by atoms with van der Waals surface area (Å²) in [5, 5.41) is 3.03. The summed E-state index contributed by atoms with van der Waals surface area (Å²) in [6.07, 6.45) is 2.16. The number of benzene rings is 1. The van der Waals surface area contributed by atoms with Crippen LogP contribution in [0.5, 0.6) is 0 Å². The van der Waals surface area contributed by atoms with Crippen LogP contribution in [0.25, 0.3) is 0 Å². The first kappa shape index (κ1) is 17.9. The van der Waals surface area contributed by atoms with Crippen molar-refractivity contribution in [1.82, 2.24) is 10.2 Å². The predicted molar refractivity (Wildman–Crippen MR) is 97.0 cm³/mol. The molecule has 1 saturated heterocycles. The molecule has 6 nitrogen and oxygen atoms in total. The van der Waals surface area contributed by atoms with Crippen molar-refractivity contribution in [3.63, 3.8) is 0 Å². The molecule has 25 heavy (non-hydrogen) atoms. The number of carbonyl (C=O) groups is 2. The molecule has 0 aromatic heterocycles. The second-order valence-electron chi connectivity index (χ2n) is 6.52. The van der Waals surface area contributed by atoms with E-state index in [2.05, 4.69) is 10.2 Å². The Morgan fingerprint density at radius 1 is 1.20 bits per heavy atom. The molecule has 0 saturated carbocycles. The largest absolute Gasteiger partial charge is 0.379 e. The fraction of sp³-hybridized carbons (Fsp3) is 0.579. The lowest BCUT2D eigenvalue weighted by Gasteiger charge is -2.26. The van der Waals surface area contributed by atoms with Crippen molar-refractivity contribution in [3.8, 4) is 0 Å². The average Bonchev–Trinajstić information content (AvgIpc) is 3.09. The van der Waals surface area contributed by atoms with Crippen LogP contribution in [0.4, 0.5) is 5.69 Å². The zero-order valence-corrected chi connectivity index (χ0v) is 14.9. The second-order valence-corrected chi connectivity index (χ2v) is 6.52. The molecule has 1 aromatic rings. The normalized spacial score (nSPS) is 17.4. The van der Waals surface area contributed by atoms with E-state index in [9.17, 15) is 9.59 Å². The van der Waals surface area contributed by atoms with E-state index in [1.165, 1.54) is 0 Å². The second kappa shape index (κ2) is 8.45. The van der Waals surface area contributed by atoms with E-state index in [4.69, 9.17) is 4.74 Å². The summed E-state index contributed by atoms with van der Waals surface area (Å²) in [5.41, 5.74) is 2.60. The van der Waals surface area contributed by atoms with Gasteiger partial charge in [0.05, 0.1) is 13.2 Å². The van der Waals surface area contributed by atoms with Crippen molar-refractivity contribution in [2.45, 2.75) is 26.2 Å². The third-order valence-electron chi connectivity index (χ3n) is 4.92. The SMILES string of the molecule is CCC(=O)N1CCc2c(C(=O)NCCCN3CCOCC3)cccc21. The van der Waals surface area contributed by atoms with E-state index < -0.39 is 0 Å². The third kappa shape index (κ3) is 4.19. The summed E-state index contributed by atoms with van der Waals surface area (Å²) in [4.78, 5) is 28.7. The first-order chi connectivity index (χ1) is 12.2. The molecule has 2 heterocycles. The first-order valence-corrected chi connectivity index (χ1v) is 9.21. The Morgan fingerprint density at radius 3 is 2.76 bits per heavy atom. The number of morpholine rings is 1. The number of anilines is 1. The van der Waals surface area contributed by atoms with Crippen molar-refractivity contribution in [2.24, 2.45) is 0 Å². The number of carbonyl (C=O) groups excluding carboxylic acids is 2. The van der Waals surface area contributed by atoms with Crippen molar-refractivity contribution >= 4 is 17.5 Å². The summed E-state index contributed by atoms with van der Waals surface area (Å²) in [7, 11) is 0. The number of nitrogens with zero attached hydrogens (tertiary/aromatic N) is 2. The molecular formula is C19H27N3O3. The van der Waals surface area contributed by atoms with Gasteiger partial charge in [-0.15, -0.1) is 0 Å². The molecule has 0 atom stereocenters. The molecule has 0 bridgehead atoms. The lowest BCUT2D eigenvalue weighted by atomic mass is 10.0. The van der Waals surface area contributed by atoms with Gasteiger partial charge in [-0.05, 0) is 37.1 Å². The van der Waals surface area contributed by atoms with Crippen LogP contribution in [0.1, 0.15) is 35.7 Å². The van der Waals surface area contributed by atoms with Crippen LogP contribution in [0.2, 0.25) is 0 Å². The number of fused-ring (bicyclic) bond motifs is 1. The summed E-state index contributed by atoms with van der Waals surface area (Å²) >= 11 is 0. The van der Waals surface area contributed by atoms with Gasteiger partial charge in [0, 0.05) is 43.9 Å². The van der Waals surface area contributed by atoms with Gasteiger partial charge in [-0.1, -0.05) is 13.0 Å². The minimum absolute atomic E-state index is 0.0374. The number of hydrogen-bond acceptors (Lipinski definition) is 4. The van der Waals surface area contributed by atoms with Crippen molar-refractivity contribution in [2.75, 3.05) is 50.8 Å². The Hall–Kier alpha value is -1.92. The Bertz CT molecular complexity index is 626. The molecule has 2 aliphatic heterocycles. The van der Waals surface area contributed by atoms with E-state index in [0.717, 1.165) is 56.9 Å². The number of nitrogens with one attached hydrogen (secondary N) is 1. The Balaban J connectivity index is 1.54. The van der Waals surface area contributed by atoms with Gasteiger partial charge in [-0.2, -0.15) is 0 Å². The van der Waals surface area contributed by atoms with Crippen LogP contribution < -0.4 is 10.2 Å². The minimum Gasteiger partial charge on any atom is -0.379 e. The van der Waals surface area contributed by atoms with E-state index in [-0.39, 0.29) is 11.8 Å². The highest BCUT2D eigenvalue weighted by atomic mass is 16.5. The highest BCUT2D eigenvalue weighted by molar-refractivity contribution is 6.01. The highest BCUT2D eigenvalue weighted by Crippen LogP contribution is 2.31. The van der Waals surface area contributed by atoms with Crippen LogP contribution in [-0.4, -0.2) is 62.7 Å². The number of amides is 2. The maximum absolute atomic E-state index is 12.6. The summed E-state index contributed by atoms with van der Waals surface area (Å²) in [6, 6.07) is 5.66. The molecule has 2 aliphatic rings. The van der Waals surface area contributed by atoms with Crippen molar-refractivity contribution in [3.05, 3.63) is 29.3 Å². The van der Waals surface area contributed by atoms with Gasteiger partial charge in [0.15, 0.2) is 0 Å². The monoisotopic (exact) mass is 345 g/mol. The summed E-state index contributed by atoms with van der Waals surface area (Å²) in [6.45, 7) is 7.73. The number of rotatable bonds is 6. The smallest absolute Gasteiger partial charge is 0.251 e. The van der Waals surface area contributed by atoms with Crippen LogP contribution in [0.15, 0.2) is 18.2 Å². The van der Waals surface area contributed by atoms with Gasteiger partial charge in [0.2, 0.25) is 5.91 Å². The van der Waals surface area contributed by atoms with Crippen molar-refractivity contribution in [1.29, 1.82) is 0 Å². The predicted octanol–water partition coefficient (Wildman–Crippen LogP) is 1.44. The molecule has 0 spiro atoms. The minimum atomic E-state index is -0.0374. The average molecular weight is 345 g/mol. The standard InChI is InChI=1S/C19H27N3O3/c1-2-18(23)22-10-7-15-16(5-3-6-17(15)22)19(24)20-8-4-9-21-11-13-25-14-12-21/h3,5-6H,2,4,7-14H2,1H3,(H,20,24). The summed E-state index contributed by atoms with van der Waals surface area (Å²) in [5.74, 6) is 0.0754. The van der Waals surface area contributed by atoms with Crippen LogP contribution in [0.3, 0.4) is 0 Å². The van der Waals surface area contributed by atoms with Crippen LogP contribution >= 0.6 is 0 Å². The van der Waals surface area contributed by atoms with Gasteiger partial charge in [0.1, 0.15) is 0 Å². The topological polar surface area (TPSA) is 61.9 Å². The zero-order chi connectivity index (χ0) is 17.6. The highest BCUT2D eigenvalue weighted by Gasteiger charge is 2.27. The molecule has 6 heteroatoms. The molecule has 1 fully saturated rings. The first-order valence-electron chi connectivity index (χ1n) is 9.21. The van der Waals surface area contributed by atoms with Crippen molar-refractivity contribution < 1.29 is 14.3 Å². The van der Waals surface area contributed by atoms with Crippen LogP contribution in [-0.2, 0) is 16.0 Å².